The first-order chi connectivity index (χ1) is 26.1. The predicted octanol–water partition coefficient (Wildman–Crippen LogP) is 2.77. The number of rotatable bonds is 5. The van der Waals surface area contributed by atoms with Crippen molar-refractivity contribution in [2.75, 3.05) is 18.1 Å². The van der Waals surface area contributed by atoms with Crippen molar-refractivity contribution < 1.29 is 28.8 Å². The molecule has 4 aromatic rings. The first-order valence-electron chi connectivity index (χ1n) is 18.0. The highest BCUT2D eigenvalue weighted by Crippen LogP contribution is 2.24. The molecule has 5 atom stereocenters. The Labute approximate surface area is 321 Å². The van der Waals surface area contributed by atoms with E-state index in [2.05, 4.69) is 31.9 Å². The molecule has 12 nitrogen and oxygen atoms in total. The summed E-state index contributed by atoms with van der Waals surface area (Å²) in [5.74, 6) is -3.49. The summed E-state index contributed by atoms with van der Waals surface area (Å²) in [5.41, 5.74) is 1.58. The molecule has 6 rings (SSSR count). The SMILES string of the molecule is CC(C)[C@H]1NC(=O)C[C@@H]2NC(=O)[C@H](Cc3cccc4ccccc34)NC(=O)[C@H](Cc3cccc4ccccc34)NC(=O)[C@@H](CSSCCNC2=O)NC1=O. The lowest BCUT2D eigenvalue weighted by Crippen LogP contribution is -2.62. The van der Waals surface area contributed by atoms with Crippen LogP contribution in [0.2, 0.25) is 0 Å². The van der Waals surface area contributed by atoms with E-state index in [1.54, 1.807) is 13.8 Å². The fourth-order valence-corrected chi connectivity index (χ4v) is 8.81. The molecule has 0 spiro atoms. The number of hydrogen-bond acceptors (Lipinski definition) is 8. The molecule has 4 aromatic carbocycles. The summed E-state index contributed by atoms with van der Waals surface area (Å²) in [5, 5.41) is 20.6. The van der Waals surface area contributed by atoms with Gasteiger partial charge in [-0.05, 0) is 38.6 Å². The molecule has 0 unspecified atom stereocenters. The van der Waals surface area contributed by atoms with Gasteiger partial charge in [0, 0.05) is 30.9 Å². The number of fused-ring (bicyclic) bond motifs is 9. The van der Waals surface area contributed by atoms with E-state index < -0.39 is 72.1 Å². The van der Waals surface area contributed by atoms with Gasteiger partial charge in [-0.1, -0.05) is 120 Å². The minimum atomic E-state index is -1.31. The van der Waals surface area contributed by atoms with E-state index in [1.165, 1.54) is 21.6 Å². The van der Waals surface area contributed by atoms with Crippen LogP contribution in [0.3, 0.4) is 0 Å². The molecule has 2 aliphatic heterocycles. The molecular formula is C40H44N6O6S2. The van der Waals surface area contributed by atoms with Gasteiger partial charge in [0.25, 0.3) is 0 Å². The molecular weight excluding hydrogens is 725 g/mol. The monoisotopic (exact) mass is 768 g/mol. The van der Waals surface area contributed by atoms with Crippen LogP contribution in [-0.4, -0.2) is 83.7 Å². The van der Waals surface area contributed by atoms with Gasteiger partial charge in [0.2, 0.25) is 35.4 Å². The van der Waals surface area contributed by atoms with Crippen molar-refractivity contribution in [2.45, 2.75) is 63.3 Å². The topological polar surface area (TPSA) is 175 Å². The molecule has 0 radical (unpaired) electrons. The van der Waals surface area contributed by atoms with Crippen molar-refractivity contribution >= 4 is 78.6 Å². The first-order valence-corrected chi connectivity index (χ1v) is 20.5. The van der Waals surface area contributed by atoms with Crippen molar-refractivity contribution in [2.24, 2.45) is 5.92 Å². The largest absolute Gasteiger partial charge is 0.353 e. The summed E-state index contributed by atoms with van der Waals surface area (Å²) in [6.07, 6.45) is -0.325. The molecule has 2 saturated heterocycles. The van der Waals surface area contributed by atoms with E-state index in [0.717, 1.165) is 32.7 Å². The maximum Gasteiger partial charge on any atom is 0.244 e. The van der Waals surface area contributed by atoms with Crippen LogP contribution in [0, 0.1) is 5.92 Å². The standard InChI is InChI=1S/C40H44N6O6S2/c1-23(2)35-40(52)45-33-22-54-53-18-17-41-36(48)32(21-34(47)46-35)44-38(50)30(19-26-13-7-11-24-9-3-5-15-28(24)26)42-37(49)31(43-39(33)51)20-27-14-8-12-25-10-4-6-16-29(25)27/h3-16,23,30-33,35H,17-22H2,1-2H3,(H,41,48)(H,42,49)(H,43,51)(H,44,50)(H,45,52)(H,46,47)/t30-,31-,32-,33+,35+/m0/s1. The van der Waals surface area contributed by atoms with Crippen LogP contribution < -0.4 is 31.9 Å². The van der Waals surface area contributed by atoms with Crippen molar-refractivity contribution in [1.82, 2.24) is 31.9 Å². The van der Waals surface area contributed by atoms with Crippen LogP contribution in [-0.2, 0) is 41.6 Å². The van der Waals surface area contributed by atoms with Gasteiger partial charge in [-0.15, -0.1) is 0 Å². The molecule has 6 N–H and O–H groups in total. The number of carbonyl (C=O) groups is 6. The van der Waals surface area contributed by atoms with E-state index in [0.29, 0.717) is 5.75 Å². The van der Waals surface area contributed by atoms with Gasteiger partial charge in [-0.2, -0.15) is 0 Å². The van der Waals surface area contributed by atoms with Crippen LogP contribution in [0.1, 0.15) is 31.4 Å². The van der Waals surface area contributed by atoms with Crippen LogP contribution in [0.5, 0.6) is 0 Å². The van der Waals surface area contributed by atoms with Gasteiger partial charge in [-0.3, -0.25) is 28.8 Å². The van der Waals surface area contributed by atoms with Gasteiger partial charge in [0.1, 0.15) is 30.2 Å². The lowest BCUT2D eigenvalue weighted by atomic mass is 9.96. The summed E-state index contributed by atoms with van der Waals surface area (Å²) in [7, 11) is 2.73. The van der Waals surface area contributed by atoms with Crippen molar-refractivity contribution in [3.05, 3.63) is 96.1 Å². The molecule has 2 bridgehead atoms. The molecule has 54 heavy (non-hydrogen) atoms. The second-order valence-corrected chi connectivity index (χ2v) is 16.4. The Balaban J connectivity index is 1.44. The lowest BCUT2D eigenvalue weighted by molar-refractivity contribution is -0.137. The summed E-state index contributed by atoms with van der Waals surface area (Å²) in [6, 6.07) is 21.0. The number of amides is 6. The van der Waals surface area contributed by atoms with Crippen LogP contribution in [0.25, 0.3) is 21.5 Å². The predicted molar refractivity (Wildman–Crippen MR) is 212 cm³/mol. The highest BCUT2D eigenvalue weighted by atomic mass is 33.1. The summed E-state index contributed by atoms with van der Waals surface area (Å²) < 4.78 is 0. The maximum atomic E-state index is 14.5. The number of nitrogens with one attached hydrogen (secondary N) is 6. The molecule has 14 heteroatoms. The highest BCUT2D eigenvalue weighted by Gasteiger charge is 2.36. The van der Waals surface area contributed by atoms with E-state index in [4.69, 9.17) is 0 Å². The fraction of sp³-hybridized carbons (Fsp3) is 0.350. The molecule has 282 valence electrons. The van der Waals surface area contributed by atoms with Gasteiger partial charge in [0.15, 0.2) is 0 Å². The van der Waals surface area contributed by atoms with Crippen molar-refractivity contribution in [3.8, 4) is 0 Å². The van der Waals surface area contributed by atoms with Crippen LogP contribution in [0.4, 0.5) is 0 Å². The fourth-order valence-electron chi connectivity index (χ4n) is 6.74. The zero-order valence-corrected chi connectivity index (χ0v) is 31.7. The Morgan fingerprint density at radius 3 is 1.72 bits per heavy atom. The molecule has 6 amide bonds. The minimum absolute atomic E-state index is 0.0514. The normalized spacial score (nSPS) is 23.8. The average molecular weight is 769 g/mol. The quantitative estimate of drug-likeness (QED) is 0.168. The number of benzene rings is 4. The second-order valence-electron chi connectivity index (χ2n) is 13.8. The van der Waals surface area contributed by atoms with E-state index >= 15 is 0 Å². The second kappa shape index (κ2) is 17.8. The van der Waals surface area contributed by atoms with E-state index in [-0.39, 0.29) is 31.1 Å². The molecule has 2 heterocycles. The first kappa shape index (κ1) is 38.6. The molecule has 0 aromatic heterocycles. The smallest absolute Gasteiger partial charge is 0.244 e. The summed E-state index contributed by atoms with van der Waals surface area (Å²) in [6.45, 7) is 3.74. The van der Waals surface area contributed by atoms with Gasteiger partial charge < -0.3 is 31.9 Å². The Morgan fingerprint density at radius 2 is 1.11 bits per heavy atom. The molecule has 2 aliphatic rings. The van der Waals surface area contributed by atoms with Crippen LogP contribution >= 0.6 is 21.6 Å². The molecule has 0 saturated carbocycles. The Bertz CT molecular complexity index is 2050. The van der Waals surface area contributed by atoms with Gasteiger partial charge >= 0.3 is 0 Å². The van der Waals surface area contributed by atoms with E-state index in [9.17, 15) is 28.8 Å². The third-order valence-corrected chi connectivity index (χ3v) is 12.0. The third-order valence-electron chi connectivity index (χ3n) is 9.60. The zero-order chi connectivity index (χ0) is 38.2. The van der Waals surface area contributed by atoms with E-state index in [1.807, 2.05) is 84.9 Å². The Kier molecular flexibility index (Phi) is 12.8. The summed E-state index contributed by atoms with van der Waals surface area (Å²) >= 11 is 0. The summed E-state index contributed by atoms with van der Waals surface area (Å²) in [4.78, 5) is 83.8. The minimum Gasteiger partial charge on any atom is -0.353 e. The Morgan fingerprint density at radius 1 is 0.574 bits per heavy atom. The third kappa shape index (κ3) is 9.52. The van der Waals surface area contributed by atoms with Crippen LogP contribution in [0.15, 0.2) is 84.9 Å². The highest BCUT2D eigenvalue weighted by molar-refractivity contribution is 8.76. The molecule has 0 aliphatic carbocycles. The molecule has 2 fully saturated rings. The number of carbonyl (C=O) groups excluding carboxylic acids is 6. The zero-order valence-electron chi connectivity index (χ0n) is 30.1. The average Bonchev–Trinajstić information content (AvgIpc) is 3.16. The maximum absolute atomic E-state index is 14.5. The van der Waals surface area contributed by atoms with Crippen molar-refractivity contribution in [1.29, 1.82) is 0 Å². The van der Waals surface area contributed by atoms with Gasteiger partial charge in [0.05, 0.1) is 6.42 Å². The van der Waals surface area contributed by atoms with Crippen molar-refractivity contribution in [3.63, 3.8) is 0 Å². The number of hydrogen-bond donors (Lipinski definition) is 6. The lowest BCUT2D eigenvalue weighted by Gasteiger charge is -2.29. The van der Waals surface area contributed by atoms with Gasteiger partial charge in [-0.25, -0.2) is 0 Å². The Hall–Kier alpha value is -5.08.